The first-order valence-electron chi connectivity index (χ1n) is 11.1. The SMILES string of the molecule is CNc1nccc(-c2c(-c3cccc(NS(=O)(=O)c4c(F)ccc(C)c4F)c3F)nc3c(F)cccn23)n1. The first kappa shape index (κ1) is 25.1. The van der Waals surface area contributed by atoms with Crippen LogP contribution in [0.5, 0.6) is 0 Å². The lowest BCUT2D eigenvalue weighted by atomic mass is 10.1. The van der Waals surface area contributed by atoms with Crippen molar-refractivity contribution in [3.63, 3.8) is 0 Å². The molecule has 0 spiro atoms. The van der Waals surface area contributed by atoms with E-state index in [1.54, 1.807) is 7.05 Å². The number of fused-ring (bicyclic) bond motifs is 1. The zero-order valence-electron chi connectivity index (χ0n) is 19.8. The van der Waals surface area contributed by atoms with E-state index in [-0.39, 0.29) is 39.8 Å². The standard InChI is InChI=1S/C25H18F4N6O2S/c1-13-8-9-15(26)23(19(13)28)38(36,37)34-17-7-3-5-14(20(17)29)21-22(18-10-11-31-25(30-2)32-18)35-12-4-6-16(27)24(35)33-21/h3-12,34H,1-2H3,(H,30,31,32). The molecule has 0 saturated carbocycles. The molecule has 194 valence electrons. The minimum absolute atomic E-state index is 0.0534. The average Bonchev–Trinajstić information content (AvgIpc) is 3.28. The zero-order valence-corrected chi connectivity index (χ0v) is 20.6. The summed E-state index contributed by atoms with van der Waals surface area (Å²) in [5, 5.41) is 2.78. The van der Waals surface area contributed by atoms with Gasteiger partial charge in [-0.15, -0.1) is 0 Å². The molecule has 0 aliphatic carbocycles. The Hall–Kier alpha value is -4.52. The van der Waals surface area contributed by atoms with Crippen molar-refractivity contribution in [1.82, 2.24) is 19.4 Å². The summed E-state index contributed by atoms with van der Waals surface area (Å²) in [4.78, 5) is 11.4. The van der Waals surface area contributed by atoms with Gasteiger partial charge in [0.1, 0.15) is 17.3 Å². The van der Waals surface area contributed by atoms with Crippen LogP contribution in [0.25, 0.3) is 28.3 Å². The molecule has 0 atom stereocenters. The number of aryl methyl sites for hydroxylation is 1. The van der Waals surface area contributed by atoms with Gasteiger partial charge < -0.3 is 5.32 Å². The predicted octanol–water partition coefficient (Wildman–Crippen LogP) is 5.17. The summed E-state index contributed by atoms with van der Waals surface area (Å²) in [6.07, 6.45) is 2.96. The van der Waals surface area contributed by atoms with Crippen LogP contribution in [0.3, 0.4) is 0 Å². The lowest BCUT2D eigenvalue weighted by molar-refractivity contribution is 0.516. The number of imidazole rings is 1. The molecule has 8 nitrogen and oxygen atoms in total. The maximum atomic E-state index is 15.9. The Morgan fingerprint density at radius 3 is 2.45 bits per heavy atom. The molecule has 5 aromatic rings. The minimum Gasteiger partial charge on any atom is -0.357 e. The average molecular weight is 543 g/mol. The quantitative estimate of drug-likeness (QED) is 0.287. The van der Waals surface area contributed by atoms with Crippen LogP contribution in [0.2, 0.25) is 0 Å². The summed E-state index contributed by atoms with van der Waals surface area (Å²) in [6, 6.07) is 9.74. The molecule has 2 aromatic carbocycles. The highest BCUT2D eigenvalue weighted by molar-refractivity contribution is 7.92. The molecular weight excluding hydrogens is 524 g/mol. The Morgan fingerprint density at radius 2 is 1.68 bits per heavy atom. The van der Waals surface area contributed by atoms with Crippen molar-refractivity contribution in [1.29, 1.82) is 0 Å². The molecular formula is C25H18F4N6O2S. The van der Waals surface area contributed by atoms with E-state index in [0.717, 1.165) is 18.2 Å². The number of rotatable bonds is 6. The molecule has 0 unspecified atom stereocenters. The number of nitrogens with zero attached hydrogens (tertiary/aromatic N) is 4. The number of anilines is 2. The second kappa shape index (κ2) is 9.41. The number of nitrogens with one attached hydrogen (secondary N) is 2. The maximum Gasteiger partial charge on any atom is 0.267 e. The largest absolute Gasteiger partial charge is 0.357 e. The summed E-state index contributed by atoms with van der Waals surface area (Å²) in [5.41, 5.74) is -0.621. The van der Waals surface area contributed by atoms with E-state index in [4.69, 9.17) is 0 Å². The Bertz CT molecular complexity index is 1820. The highest BCUT2D eigenvalue weighted by Gasteiger charge is 2.28. The fraction of sp³-hybridized carbons (Fsp3) is 0.0800. The number of hydrogen-bond acceptors (Lipinski definition) is 6. The van der Waals surface area contributed by atoms with Gasteiger partial charge in [-0.3, -0.25) is 9.12 Å². The molecule has 0 bridgehead atoms. The first-order valence-corrected chi connectivity index (χ1v) is 12.5. The van der Waals surface area contributed by atoms with Crippen LogP contribution in [0.1, 0.15) is 5.56 Å². The smallest absolute Gasteiger partial charge is 0.267 e. The highest BCUT2D eigenvalue weighted by Crippen LogP contribution is 2.36. The van der Waals surface area contributed by atoms with Crippen LogP contribution in [0.4, 0.5) is 29.2 Å². The van der Waals surface area contributed by atoms with Gasteiger partial charge in [0.15, 0.2) is 22.2 Å². The number of pyridine rings is 1. The molecule has 0 fully saturated rings. The van der Waals surface area contributed by atoms with Gasteiger partial charge in [-0.1, -0.05) is 12.1 Å². The maximum absolute atomic E-state index is 15.9. The molecule has 0 amide bonds. The van der Waals surface area contributed by atoms with Gasteiger partial charge in [0, 0.05) is 25.0 Å². The fourth-order valence-corrected chi connectivity index (χ4v) is 5.22. The monoisotopic (exact) mass is 542 g/mol. The number of hydrogen-bond donors (Lipinski definition) is 2. The lowest BCUT2D eigenvalue weighted by Crippen LogP contribution is -2.18. The van der Waals surface area contributed by atoms with Crippen molar-refractivity contribution in [3.05, 3.63) is 89.8 Å². The van der Waals surface area contributed by atoms with Crippen molar-refractivity contribution in [2.24, 2.45) is 0 Å². The molecule has 0 radical (unpaired) electrons. The molecule has 13 heteroatoms. The van der Waals surface area contributed by atoms with Crippen LogP contribution in [-0.2, 0) is 10.0 Å². The molecule has 0 aliphatic heterocycles. The van der Waals surface area contributed by atoms with Crippen molar-refractivity contribution >= 4 is 27.3 Å². The number of halogens is 4. The van der Waals surface area contributed by atoms with Gasteiger partial charge >= 0.3 is 0 Å². The second-order valence-corrected chi connectivity index (χ2v) is 9.77. The lowest BCUT2D eigenvalue weighted by Gasteiger charge is -2.13. The van der Waals surface area contributed by atoms with E-state index in [2.05, 4.69) is 20.3 Å². The summed E-state index contributed by atoms with van der Waals surface area (Å²) in [5.74, 6) is -4.18. The number of sulfonamides is 1. The predicted molar refractivity (Wildman–Crippen MR) is 133 cm³/mol. The summed E-state index contributed by atoms with van der Waals surface area (Å²) < 4.78 is 88.5. The van der Waals surface area contributed by atoms with Crippen molar-refractivity contribution in [2.45, 2.75) is 11.8 Å². The van der Waals surface area contributed by atoms with E-state index >= 15 is 4.39 Å². The Kier molecular flexibility index (Phi) is 6.23. The third-order valence-corrected chi connectivity index (χ3v) is 7.13. The van der Waals surface area contributed by atoms with Gasteiger partial charge in [-0.05, 0) is 48.9 Å². The van der Waals surface area contributed by atoms with Gasteiger partial charge in [0.25, 0.3) is 10.0 Å². The van der Waals surface area contributed by atoms with Crippen LogP contribution < -0.4 is 10.0 Å². The number of aromatic nitrogens is 4. The van der Waals surface area contributed by atoms with Gasteiger partial charge in [0.05, 0.1) is 17.1 Å². The van der Waals surface area contributed by atoms with Crippen molar-refractivity contribution in [3.8, 4) is 22.6 Å². The van der Waals surface area contributed by atoms with Gasteiger partial charge in [-0.25, -0.2) is 40.9 Å². The Balaban J connectivity index is 1.69. The number of benzene rings is 2. The van der Waals surface area contributed by atoms with Gasteiger partial charge in [0.2, 0.25) is 5.95 Å². The molecule has 38 heavy (non-hydrogen) atoms. The minimum atomic E-state index is -4.88. The van der Waals surface area contributed by atoms with E-state index in [1.807, 2.05) is 4.72 Å². The zero-order chi connectivity index (χ0) is 27.2. The molecule has 0 aliphatic rings. The summed E-state index contributed by atoms with van der Waals surface area (Å²) >= 11 is 0. The van der Waals surface area contributed by atoms with E-state index in [0.29, 0.717) is 0 Å². The van der Waals surface area contributed by atoms with E-state index in [9.17, 15) is 21.6 Å². The Labute approximate surface area is 214 Å². The summed E-state index contributed by atoms with van der Waals surface area (Å²) in [7, 11) is -3.28. The molecule has 5 rings (SSSR count). The van der Waals surface area contributed by atoms with Crippen LogP contribution >= 0.6 is 0 Å². The van der Waals surface area contributed by atoms with E-state index < -0.39 is 43.9 Å². The molecule has 3 aromatic heterocycles. The second-order valence-electron chi connectivity index (χ2n) is 8.15. The van der Waals surface area contributed by atoms with E-state index in [1.165, 1.54) is 54.0 Å². The molecule has 2 N–H and O–H groups in total. The van der Waals surface area contributed by atoms with Crippen molar-refractivity contribution in [2.75, 3.05) is 17.1 Å². The third kappa shape index (κ3) is 4.20. The fourth-order valence-electron chi connectivity index (χ4n) is 3.94. The summed E-state index contributed by atoms with van der Waals surface area (Å²) in [6.45, 7) is 1.27. The molecule has 0 saturated heterocycles. The first-order chi connectivity index (χ1) is 18.1. The van der Waals surface area contributed by atoms with Crippen LogP contribution in [-0.4, -0.2) is 34.8 Å². The normalized spacial score (nSPS) is 11.6. The topological polar surface area (TPSA) is 101 Å². The van der Waals surface area contributed by atoms with Crippen LogP contribution in [0.15, 0.2) is 65.8 Å². The van der Waals surface area contributed by atoms with Crippen LogP contribution in [0, 0.1) is 30.2 Å². The Morgan fingerprint density at radius 1 is 0.895 bits per heavy atom. The third-order valence-electron chi connectivity index (χ3n) is 5.73. The highest BCUT2D eigenvalue weighted by atomic mass is 32.2. The molecule has 3 heterocycles. The van der Waals surface area contributed by atoms with Crippen molar-refractivity contribution < 1.29 is 26.0 Å². The van der Waals surface area contributed by atoms with Gasteiger partial charge in [-0.2, -0.15) is 0 Å².